The lowest BCUT2D eigenvalue weighted by molar-refractivity contribution is -0.132. The van der Waals surface area contributed by atoms with Crippen LogP contribution in [0, 0.1) is 0 Å². The predicted molar refractivity (Wildman–Crippen MR) is 74.2 cm³/mol. The molecule has 1 unspecified atom stereocenters. The highest BCUT2D eigenvalue weighted by Gasteiger charge is 2.32. The first-order valence-electron chi connectivity index (χ1n) is 7.35. The van der Waals surface area contributed by atoms with Crippen LogP contribution < -0.4 is 0 Å². The fraction of sp³-hybridized carbons (Fsp3) is 0.571. The normalized spacial score (nSPS) is 18.3. The van der Waals surface area contributed by atoms with E-state index in [-0.39, 0.29) is 11.9 Å². The molecule has 21 heavy (non-hydrogen) atoms. The van der Waals surface area contributed by atoms with Gasteiger partial charge < -0.3 is 14.0 Å². The van der Waals surface area contributed by atoms with Crippen molar-refractivity contribution in [3.05, 3.63) is 30.4 Å². The standard InChI is InChI=1S/C14H19N5O2/c1-2-12-16-14(17-21-12)11-4-3-7-19(11)13(20)5-8-18-9-6-15-10-18/h6,9-11H,2-5,7-8H2,1H3. The van der Waals surface area contributed by atoms with E-state index in [1.807, 2.05) is 22.6 Å². The van der Waals surface area contributed by atoms with E-state index < -0.39 is 0 Å². The highest BCUT2D eigenvalue weighted by atomic mass is 16.5. The minimum atomic E-state index is -0.0377. The van der Waals surface area contributed by atoms with Crippen LogP contribution in [0.4, 0.5) is 0 Å². The third-order valence-corrected chi connectivity index (χ3v) is 3.80. The van der Waals surface area contributed by atoms with Gasteiger partial charge in [0.25, 0.3) is 0 Å². The van der Waals surface area contributed by atoms with E-state index >= 15 is 0 Å². The zero-order valence-electron chi connectivity index (χ0n) is 12.1. The van der Waals surface area contributed by atoms with Gasteiger partial charge in [-0.3, -0.25) is 4.79 Å². The van der Waals surface area contributed by atoms with Crippen molar-refractivity contribution >= 4 is 5.91 Å². The molecule has 1 atom stereocenters. The molecule has 0 bridgehead atoms. The molecule has 7 heteroatoms. The molecule has 1 saturated heterocycles. The Labute approximate surface area is 123 Å². The molecular formula is C14H19N5O2. The van der Waals surface area contributed by atoms with E-state index in [0.717, 1.165) is 19.4 Å². The van der Waals surface area contributed by atoms with Gasteiger partial charge in [-0.1, -0.05) is 12.1 Å². The van der Waals surface area contributed by atoms with Crippen molar-refractivity contribution in [2.75, 3.05) is 6.54 Å². The number of nitrogens with zero attached hydrogens (tertiary/aromatic N) is 5. The number of imidazole rings is 1. The molecule has 1 amide bonds. The first-order chi connectivity index (χ1) is 10.3. The topological polar surface area (TPSA) is 77.1 Å². The number of carbonyl (C=O) groups excluding carboxylic acids is 1. The van der Waals surface area contributed by atoms with Gasteiger partial charge in [0, 0.05) is 38.3 Å². The largest absolute Gasteiger partial charge is 0.339 e. The number of likely N-dealkylation sites (tertiary alicyclic amines) is 1. The zero-order chi connectivity index (χ0) is 14.7. The quantitative estimate of drug-likeness (QED) is 0.835. The van der Waals surface area contributed by atoms with Gasteiger partial charge in [0.05, 0.1) is 12.4 Å². The molecule has 1 aliphatic rings. The Kier molecular flexibility index (Phi) is 3.98. The van der Waals surface area contributed by atoms with Crippen molar-refractivity contribution in [3.8, 4) is 0 Å². The maximum absolute atomic E-state index is 12.4. The van der Waals surface area contributed by atoms with E-state index in [4.69, 9.17) is 4.52 Å². The number of hydrogen-bond acceptors (Lipinski definition) is 5. The monoisotopic (exact) mass is 289 g/mol. The summed E-state index contributed by atoms with van der Waals surface area (Å²) in [5.41, 5.74) is 0. The summed E-state index contributed by atoms with van der Waals surface area (Å²) in [7, 11) is 0. The first kappa shape index (κ1) is 13.8. The van der Waals surface area contributed by atoms with Crippen LogP contribution in [0.15, 0.2) is 23.2 Å². The van der Waals surface area contributed by atoms with Crippen molar-refractivity contribution in [3.63, 3.8) is 0 Å². The molecule has 112 valence electrons. The van der Waals surface area contributed by atoms with Crippen molar-refractivity contribution in [2.45, 2.75) is 45.2 Å². The van der Waals surface area contributed by atoms with E-state index in [9.17, 15) is 4.79 Å². The second kappa shape index (κ2) is 6.07. The van der Waals surface area contributed by atoms with Crippen molar-refractivity contribution in [1.29, 1.82) is 0 Å². The van der Waals surface area contributed by atoms with Gasteiger partial charge in [0.2, 0.25) is 11.8 Å². The molecule has 2 aromatic rings. The smallest absolute Gasteiger partial charge is 0.226 e. The number of rotatable bonds is 5. The van der Waals surface area contributed by atoms with Crippen LogP contribution in [0.25, 0.3) is 0 Å². The predicted octanol–water partition coefficient (Wildman–Crippen LogP) is 1.58. The van der Waals surface area contributed by atoms with Crippen LogP contribution in [0.2, 0.25) is 0 Å². The Morgan fingerprint density at radius 1 is 1.52 bits per heavy atom. The van der Waals surface area contributed by atoms with Gasteiger partial charge in [-0.2, -0.15) is 4.98 Å². The maximum Gasteiger partial charge on any atom is 0.226 e. The molecule has 0 saturated carbocycles. The third-order valence-electron chi connectivity index (χ3n) is 3.80. The molecule has 7 nitrogen and oxygen atoms in total. The van der Waals surface area contributed by atoms with Crippen LogP contribution >= 0.6 is 0 Å². The molecule has 0 N–H and O–H groups in total. The Morgan fingerprint density at radius 3 is 3.14 bits per heavy atom. The molecule has 0 aromatic carbocycles. The lowest BCUT2D eigenvalue weighted by Crippen LogP contribution is -2.31. The number of hydrogen-bond donors (Lipinski definition) is 0. The molecule has 2 aromatic heterocycles. The Morgan fingerprint density at radius 2 is 2.43 bits per heavy atom. The Bertz CT molecular complexity index is 592. The van der Waals surface area contributed by atoms with Gasteiger partial charge in [-0.05, 0) is 12.8 Å². The Balaban J connectivity index is 1.64. The molecule has 1 fully saturated rings. The summed E-state index contributed by atoms with van der Waals surface area (Å²) in [5.74, 6) is 1.40. The number of amides is 1. The minimum absolute atomic E-state index is 0.0377. The summed E-state index contributed by atoms with van der Waals surface area (Å²) in [6.07, 6.45) is 8.37. The molecule has 0 spiro atoms. The summed E-state index contributed by atoms with van der Waals surface area (Å²) in [5, 5.41) is 4.02. The number of carbonyl (C=O) groups is 1. The lowest BCUT2D eigenvalue weighted by atomic mass is 10.2. The van der Waals surface area contributed by atoms with Gasteiger partial charge in [-0.15, -0.1) is 0 Å². The highest BCUT2D eigenvalue weighted by molar-refractivity contribution is 5.76. The van der Waals surface area contributed by atoms with E-state index in [0.29, 0.717) is 31.1 Å². The SMILES string of the molecule is CCc1nc(C2CCCN2C(=O)CCn2ccnc2)no1. The summed E-state index contributed by atoms with van der Waals surface area (Å²) in [4.78, 5) is 22.6. The summed E-state index contributed by atoms with van der Waals surface area (Å²) >= 11 is 0. The van der Waals surface area contributed by atoms with Crippen LogP contribution in [-0.4, -0.2) is 37.0 Å². The first-order valence-corrected chi connectivity index (χ1v) is 7.35. The third kappa shape index (κ3) is 2.96. The second-order valence-corrected chi connectivity index (χ2v) is 5.20. The molecule has 3 heterocycles. The summed E-state index contributed by atoms with van der Waals surface area (Å²) < 4.78 is 7.07. The lowest BCUT2D eigenvalue weighted by Gasteiger charge is -2.22. The highest BCUT2D eigenvalue weighted by Crippen LogP contribution is 2.30. The molecular weight excluding hydrogens is 270 g/mol. The average molecular weight is 289 g/mol. The van der Waals surface area contributed by atoms with Crippen molar-refractivity contribution in [2.24, 2.45) is 0 Å². The van der Waals surface area contributed by atoms with Crippen LogP contribution in [0.1, 0.15) is 43.9 Å². The van der Waals surface area contributed by atoms with Crippen LogP contribution in [-0.2, 0) is 17.8 Å². The fourth-order valence-corrected chi connectivity index (χ4v) is 2.67. The fourth-order valence-electron chi connectivity index (χ4n) is 2.67. The van der Waals surface area contributed by atoms with E-state index in [1.165, 1.54) is 0 Å². The second-order valence-electron chi connectivity index (χ2n) is 5.20. The molecule has 3 rings (SSSR count). The van der Waals surface area contributed by atoms with Gasteiger partial charge in [0.1, 0.15) is 0 Å². The van der Waals surface area contributed by atoms with Gasteiger partial charge in [0.15, 0.2) is 5.82 Å². The van der Waals surface area contributed by atoms with Crippen molar-refractivity contribution < 1.29 is 9.32 Å². The molecule has 0 radical (unpaired) electrons. The summed E-state index contributed by atoms with van der Waals surface area (Å²) in [6.45, 7) is 3.39. The number of aryl methyl sites for hydroxylation is 2. The maximum atomic E-state index is 12.4. The molecule has 1 aliphatic heterocycles. The summed E-state index contributed by atoms with van der Waals surface area (Å²) in [6, 6.07) is -0.0377. The molecule has 0 aliphatic carbocycles. The average Bonchev–Trinajstić information content (AvgIpc) is 3.23. The van der Waals surface area contributed by atoms with E-state index in [1.54, 1.807) is 12.5 Å². The minimum Gasteiger partial charge on any atom is -0.339 e. The van der Waals surface area contributed by atoms with Crippen molar-refractivity contribution in [1.82, 2.24) is 24.6 Å². The van der Waals surface area contributed by atoms with Crippen LogP contribution in [0.5, 0.6) is 0 Å². The van der Waals surface area contributed by atoms with Gasteiger partial charge in [-0.25, -0.2) is 4.98 Å². The number of aromatic nitrogens is 4. The van der Waals surface area contributed by atoms with E-state index in [2.05, 4.69) is 15.1 Å². The van der Waals surface area contributed by atoms with Crippen LogP contribution in [0.3, 0.4) is 0 Å². The zero-order valence-corrected chi connectivity index (χ0v) is 12.1. The van der Waals surface area contributed by atoms with Gasteiger partial charge >= 0.3 is 0 Å². The Hall–Kier alpha value is -2.18.